The van der Waals surface area contributed by atoms with Crippen LogP contribution < -0.4 is 5.73 Å². The summed E-state index contributed by atoms with van der Waals surface area (Å²) < 4.78 is 5.39. The lowest BCUT2D eigenvalue weighted by Gasteiger charge is -2.29. The topological polar surface area (TPSA) is 64.9 Å². The first kappa shape index (κ1) is 14.5. The third kappa shape index (κ3) is 3.56. The molecule has 1 aromatic rings. The lowest BCUT2D eigenvalue weighted by atomic mass is 9.77. The number of nitrogens with zero attached hydrogens (tertiary/aromatic N) is 2. The number of aromatic nitrogens is 2. The van der Waals surface area contributed by atoms with E-state index >= 15 is 0 Å². The third-order valence-electron chi connectivity index (χ3n) is 4.56. The Hall–Kier alpha value is -0.900. The van der Waals surface area contributed by atoms with E-state index in [1.165, 1.54) is 25.7 Å². The van der Waals surface area contributed by atoms with E-state index in [-0.39, 0.29) is 5.92 Å². The van der Waals surface area contributed by atoms with Crippen molar-refractivity contribution in [2.45, 2.75) is 64.7 Å². The smallest absolute Gasteiger partial charge is 0.229 e. The van der Waals surface area contributed by atoms with E-state index in [2.05, 4.69) is 30.9 Å². The average molecular weight is 265 g/mol. The molecule has 108 valence electrons. The van der Waals surface area contributed by atoms with Crippen molar-refractivity contribution < 1.29 is 4.52 Å². The van der Waals surface area contributed by atoms with Gasteiger partial charge in [0.15, 0.2) is 5.82 Å². The average Bonchev–Trinajstić information content (AvgIpc) is 2.89. The summed E-state index contributed by atoms with van der Waals surface area (Å²) in [5.74, 6) is 4.12. The number of nitrogens with two attached hydrogens (primary N) is 1. The molecule has 0 aromatic carbocycles. The van der Waals surface area contributed by atoms with Gasteiger partial charge in [0.05, 0.1) is 0 Å². The number of rotatable bonds is 5. The molecule has 19 heavy (non-hydrogen) atoms. The quantitative estimate of drug-likeness (QED) is 0.885. The van der Waals surface area contributed by atoms with Crippen LogP contribution in [0, 0.1) is 11.8 Å². The summed E-state index contributed by atoms with van der Waals surface area (Å²) >= 11 is 0. The van der Waals surface area contributed by atoms with Gasteiger partial charge < -0.3 is 10.3 Å². The van der Waals surface area contributed by atoms with E-state index in [0.717, 1.165) is 30.0 Å². The summed E-state index contributed by atoms with van der Waals surface area (Å²) in [6.07, 6.45) is 5.90. The first-order valence-electron chi connectivity index (χ1n) is 7.65. The van der Waals surface area contributed by atoms with Gasteiger partial charge in [-0.15, -0.1) is 0 Å². The van der Waals surface area contributed by atoms with Crippen molar-refractivity contribution in [3.63, 3.8) is 0 Å². The van der Waals surface area contributed by atoms with E-state index in [4.69, 9.17) is 10.3 Å². The zero-order valence-electron chi connectivity index (χ0n) is 12.4. The second-order valence-corrected chi connectivity index (χ2v) is 6.32. The minimum absolute atomic E-state index is 0.276. The summed E-state index contributed by atoms with van der Waals surface area (Å²) in [7, 11) is 0. The molecule has 0 spiro atoms. The Balaban J connectivity index is 1.93. The molecule has 1 saturated carbocycles. The predicted molar refractivity (Wildman–Crippen MR) is 75.9 cm³/mol. The van der Waals surface area contributed by atoms with Crippen LogP contribution in [-0.4, -0.2) is 16.7 Å². The van der Waals surface area contributed by atoms with Crippen molar-refractivity contribution in [3.8, 4) is 0 Å². The molecular weight excluding hydrogens is 238 g/mol. The maximum atomic E-state index is 5.57. The normalized spacial score (nSPS) is 25.7. The van der Waals surface area contributed by atoms with Crippen LogP contribution in [0.15, 0.2) is 4.52 Å². The third-order valence-corrected chi connectivity index (χ3v) is 4.56. The van der Waals surface area contributed by atoms with Crippen molar-refractivity contribution in [3.05, 3.63) is 11.7 Å². The summed E-state index contributed by atoms with van der Waals surface area (Å²) in [5.41, 5.74) is 5.57. The van der Waals surface area contributed by atoms with Crippen LogP contribution in [0.5, 0.6) is 0 Å². The van der Waals surface area contributed by atoms with Gasteiger partial charge in [0.1, 0.15) is 0 Å². The van der Waals surface area contributed by atoms with Crippen molar-refractivity contribution in [2.75, 3.05) is 6.54 Å². The van der Waals surface area contributed by atoms with Crippen LogP contribution in [0.3, 0.4) is 0 Å². The zero-order chi connectivity index (χ0) is 13.8. The Kier molecular flexibility index (Phi) is 4.97. The lowest BCUT2D eigenvalue weighted by molar-refractivity contribution is 0.251. The van der Waals surface area contributed by atoms with Crippen molar-refractivity contribution in [1.82, 2.24) is 10.1 Å². The standard InChI is InChI=1S/C15H27N3O/c1-10(2)12-4-6-13(7-5-12)14-17-15(19-18-14)11(3)8-9-16/h10-13H,4-9,16H2,1-3H3. The van der Waals surface area contributed by atoms with Gasteiger partial charge in [-0.1, -0.05) is 25.9 Å². The van der Waals surface area contributed by atoms with E-state index in [0.29, 0.717) is 12.5 Å². The summed E-state index contributed by atoms with van der Waals surface area (Å²) in [6.45, 7) is 7.41. The molecule has 0 saturated heterocycles. The highest BCUT2D eigenvalue weighted by atomic mass is 16.5. The highest BCUT2D eigenvalue weighted by Gasteiger charge is 2.27. The van der Waals surface area contributed by atoms with Crippen LogP contribution in [0.1, 0.15) is 76.4 Å². The molecule has 0 radical (unpaired) electrons. The van der Waals surface area contributed by atoms with E-state index in [9.17, 15) is 0 Å². The molecule has 0 bridgehead atoms. The molecule has 1 heterocycles. The van der Waals surface area contributed by atoms with Gasteiger partial charge in [0.25, 0.3) is 0 Å². The Morgan fingerprint density at radius 2 is 1.89 bits per heavy atom. The van der Waals surface area contributed by atoms with Gasteiger partial charge in [-0.2, -0.15) is 4.98 Å². The Morgan fingerprint density at radius 3 is 2.47 bits per heavy atom. The molecule has 1 aliphatic carbocycles. The van der Waals surface area contributed by atoms with Crippen molar-refractivity contribution in [1.29, 1.82) is 0 Å². The molecule has 1 aromatic heterocycles. The maximum absolute atomic E-state index is 5.57. The van der Waals surface area contributed by atoms with Crippen LogP contribution in [0.25, 0.3) is 0 Å². The van der Waals surface area contributed by atoms with Gasteiger partial charge >= 0.3 is 0 Å². The fourth-order valence-corrected chi connectivity index (χ4v) is 3.03. The van der Waals surface area contributed by atoms with E-state index in [1.54, 1.807) is 0 Å². The largest absolute Gasteiger partial charge is 0.339 e. The molecule has 1 fully saturated rings. The SMILES string of the molecule is CC(CCN)c1nc(C2CCC(C(C)C)CC2)no1. The maximum Gasteiger partial charge on any atom is 0.229 e. The first-order chi connectivity index (χ1) is 9.11. The fourth-order valence-electron chi connectivity index (χ4n) is 3.03. The minimum atomic E-state index is 0.276. The molecule has 0 amide bonds. The molecule has 2 rings (SSSR count). The Bertz CT molecular complexity index is 380. The molecule has 4 heteroatoms. The summed E-state index contributed by atoms with van der Waals surface area (Å²) in [4.78, 5) is 4.59. The molecule has 1 aliphatic rings. The van der Waals surface area contributed by atoms with Crippen molar-refractivity contribution >= 4 is 0 Å². The fraction of sp³-hybridized carbons (Fsp3) is 0.867. The second kappa shape index (κ2) is 6.51. The predicted octanol–water partition coefficient (Wildman–Crippen LogP) is 3.45. The zero-order valence-corrected chi connectivity index (χ0v) is 12.4. The van der Waals surface area contributed by atoms with Crippen LogP contribution in [0.2, 0.25) is 0 Å². The number of hydrogen-bond donors (Lipinski definition) is 1. The highest BCUT2D eigenvalue weighted by molar-refractivity contribution is 5.00. The molecular formula is C15H27N3O. The second-order valence-electron chi connectivity index (χ2n) is 6.32. The van der Waals surface area contributed by atoms with Gasteiger partial charge in [-0.3, -0.25) is 0 Å². The van der Waals surface area contributed by atoms with Crippen LogP contribution in [-0.2, 0) is 0 Å². The first-order valence-corrected chi connectivity index (χ1v) is 7.65. The molecule has 1 atom stereocenters. The molecule has 4 nitrogen and oxygen atoms in total. The van der Waals surface area contributed by atoms with Gasteiger partial charge in [0.2, 0.25) is 5.89 Å². The summed E-state index contributed by atoms with van der Waals surface area (Å²) in [6, 6.07) is 0. The van der Waals surface area contributed by atoms with Gasteiger partial charge in [-0.25, -0.2) is 0 Å². The van der Waals surface area contributed by atoms with Crippen molar-refractivity contribution in [2.24, 2.45) is 17.6 Å². The van der Waals surface area contributed by atoms with Crippen LogP contribution >= 0.6 is 0 Å². The van der Waals surface area contributed by atoms with Gasteiger partial charge in [0, 0.05) is 11.8 Å². The Morgan fingerprint density at radius 1 is 1.21 bits per heavy atom. The molecule has 2 N–H and O–H groups in total. The number of hydrogen-bond acceptors (Lipinski definition) is 4. The minimum Gasteiger partial charge on any atom is -0.339 e. The lowest BCUT2D eigenvalue weighted by Crippen LogP contribution is -2.18. The van der Waals surface area contributed by atoms with E-state index < -0.39 is 0 Å². The van der Waals surface area contributed by atoms with E-state index in [1.807, 2.05) is 0 Å². The monoisotopic (exact) mass is 265 g/mol. The Labute approximate surface area is 116 Å². The highest BCUT2D eigenvalue weighted by Crippen LogP contribution is 2.37. The van der Waals surface area contributed by atoms with Crippen LogP contribution in [0.4, 0.5) is 0 Å². The molecule has 0 aliphatic heterocycles. The van der Waals surface area contributed by atoms with Gasteiger partial charge in [-0.05, 0) is 50.5 Å². The molecule has 1 unspecified atom stereocenters. The summed E-state index contributed by atoms with van der Waals surface area (Å²) in [5, 5.41) is 4.19.